The van der Waals surface area contributed by atoms with Crippen LogP contribution in [0.15, 0.2) is 186 Å². The molecule has 0 aromatic heterocycles. The lowest BCUT2D eigenvalue weighted by Gasteiger charge is -2.31. The predicted octanol–water partition coefficient (Wildman–Crippen LogP) is 15.3. The number of nitrogens with zero attached hydrogens (tertiary/aromatic N) is 2. The van der Waals surface area contributed by atoms with Gasteiger partial charge in [-0.25, -0.2) is 0 Å². The Morgan fingerprint density at radius 3 is 1.44 bits per heavy atom. The first-order chi connectivity index (χ1) is 27.0. The van der Waals surface area contributed by atoms with Gasteiger partial charge in [0.05, 0.1) is 0 Å². The highest BCUT2D eigenvalue weighted by atomic mass is 32.3. The van der Waals surface area contributed by atoms with Crippen LogP contribution in [-0.2, 0) is 0 Å². The number of fused-ring (bicyclic) bond motifs is 3. The Morgan fingerprint density at radius 2 is 0.873 bits per heavy atom. The zero-order valence-electron chi connectivity index (χ0n) is 32.2. The van der Waals surface area contributed by atoms with E-state index in [0.29, 0.717) is 5.92 Å². The van der Waals surface area contributed by atoms with Crippen molar-refractivity contribution in [3.63, 3.8) is 0 Å². The third-order valence-electron chi connectivity index (χ3n) is 12.1. The van der Waals surface area contributed by atoms with Gasteiger partial charge in [0.2, 0.25) is 0 Å². The highest BCUT2D eigenvalue weighted by Gasteiger charge is 2.32. The average Bonchev–Trinajstić information content (AvgIpc) is 3.48. The maximum Gasteiger partial charge on any atom is 0.0472 e. The molecular formula is C52H50N2S. The Labute approximate surface area is 329 Å². The summed E-state index contributed by atoms with van der Waals surface area (Å²) >= 11 is 0. The van der Waals surface area contributed by atoms with Gasteiger partial charge in [0.15, 0.2) is 0 Å². The van der Waals surface area contributed by atoms with Gasteiger partial charge in [-0.2, -0.15) is 10.0 Å². The van der Waals surface area contributed by atoms with Crippen LogP contribution in [-0.4, -0.2) is 12.5 Å². The van der Waals surface area contributed by atoms with Gasteiger partial charge < -0.3 is 9.80 Å². The Kier molecular flexibility index (Phi) is 9.58. The molecule has 1 aliphatic carbocycles. The van der Waals surface area contributed by atoms with E-state index in [1.807, 2.05) is 0 Å². The van der Waals surface area contributed by atoms with Gasteiger partial charge in [-0.1, -0.05) is 123 Å². The van der Waals surface area contributed by atoms with E-state index >= 15 is 0 Å². The third kappa shape index (κ3) is 6.76. The highest BCUT2D eigenvalue weighted by Crippen LogP contribution is 2.67. The lowest BCUT2D eigenvalue weighted by Crippen LogP contribution is -2.11. The van der Waals surface area contributed by atoms with Crippen molar-refractivity contribution >= 4 is 44.2 Å². The molecular weight excluding hydrogens is 685 g/mol. The first-order valence-electron chi connectivity index (χ1n) is 19.9. The number of hydrogen-bond donors (Lipinski definition) is 0. The van der Waals surface area contributed by atoms with E-state index in [4.69, 9.17) is 0 Å². The maximum absolute atomic E-state index is 2.48. The van der Waals surface area contributed by atoms with Gasteiger partial charge in [0.1, 0.15) is 0 Å². The van der Waals surface area contributed by atoms with Gasteiger partial charge in [0.25, 0.3) is 0 Å². The molecule has 7 aromatic rings. The summed E-state index contributed by atoms with van der Waals surface area (Å²) in [5.74, 6) is 0.935. The Balaban J connectivity index is 1.03. The number of hydrogen-bond acceptors (Lipinski definition) is 2. The summed E-state index contributed by atoms with van der Waals surface area (Å²) < 4.78 is 0. The molecule has 3 heteroatoms. The molecule has 1 saturated carbocycles. The van der Waals surface area contributed by atoms with Crippen LogP contribution in [0.1, 0.15) is 67.6 Å². The SMILES string of the molecule is CC(c1ccc(N(c2ccccc2)c2ccccc2)cc1)c1ccc(N(c2ccc(C3CCCCC3)cc2)c2ccc3c(c2)S(C)(C)c2ccccc2-3)cc1. The molecule has 274 valence electrons. The molecule has 1 fully saturated rings. The average molecular weight is 735 g/mol. The van der Waals surface area contributed by atoms with Crippen LogP contribution in [0.3, 0.4) is 0 Å². The molecule has 0 bridgehead atoms. The summed E-state index contributed by atoms with van der Waals surface area (Å²) in [5, 5.41) is 0. The molecule has 0 radical (unpaired) electrons. The second-order valence-electron chi connectivity index (χ2n) is 15.7. The Morgan fingerprint density at radius 1 is 0.436 bits per heavy atom. The van der Waals surface area contributed by atoms with Crippen LogP contribution in [0.4, 0.5) is 34.1 Å². The fraction of sp³-hybridized carbons (Fsp3) is 0.192. The zero-order valence-corrected chi connectivity index (χ0v) is 33.1. The second-order valence-corrected chi connectivity index (χ2v) is 19.2. The van der Waals surface area contributed by atoms with E-state index in [9.17, 15) is 0 Å². The fourth-order valence-corrected chi connectivity index (χ4v) is 11.5. The number of para-hydroxylation sites is 2. The summed E-state index contributed by atoms with van der Waals surface area (Å²) in [6.07, 6.45) is 11.6. The van der Waals surface area contributed by atoms with Gasteiger partial charge in [0, 0.05) is 49.8 Å². The van der Waals surface area contributed by atoms with E-state index < -0.39 is 10.0 Å². The summed E-state index contributed by atoms with van der Waals surface area (Å²) in [6.45, 7) is 2.32. The topological polar surface area (TPSA) is 6.48 Å². The largest absolute Gasteiger partial charge is 0.311 e. The first kappa shape index (κ1) is 35.2. The second kappa shape index (κ2) is 15.0. The molecule has 0 saturated heterocycles. The van der Waals surface area contributed by atoms with Crippen LogP contribution in [0, 0.1) is 0 Å². The maximum atomic E-state index is 2.48. The van der Waals surface area contributed by atoms with Crippen LogP contribution < -0.4 is 9.80 Å². The first-order valence-corrected chi connectivity index (χ1v) is 22.4. The fourth-order valence-electron chi connectivity index (χ4n) is 8.94. The summed E-state index contributed by atoms with van der Waals surface area (Å²) in [5.41, 5.74) is 13.9. The molecule has 0 amide bonds. The molecule has 0 spiro atoms. The Bertz CT molecular complexity index is 2340. The van der Waals surface area contributed by atoms with Crippen molar-refractivity contribution in [2.24, 2.45) is 0 Å². The zero-order chi connectivity index (χ0) is 37.4. The number of anilines is 6. The number of rotatable bonds is 9. The lowest BCUT2D eigenvalue weighted by molar-refractivity contribution is 0.443. The van der Waals surface area contributed by atoms with Crippen molar-refractivity contribution in [3.05, 3.63) is 193 Å². The van der Waals surface area contributed by atoms with Crippen molar-refractivity contribution < 1.29 is 0 Å². The van der Waals surface area contributed by atoms with E-state index in [2.05, 4.69) is 205 Å². The summed E-state index contributed by atoms with van der Waals surface area (Å²) in [4.78, 5) is 7.75. The van der Waals surface area contributed by atoms with E-state index in [0.717, 1.165) is 17.1 Å². The van der Waals surface area contributed by atoms with Gasteiger partial charge in [-0.3, -0.25) is 0 Å². The third-order valence-corrected chi connectivity index (χ3v) is 15.0. The van der Waals surface area contributed by atoms with Crippen molar-refractivity contribution in [1.82, 2.24) is 0 Å². The molecule has 1 aliphatic heterocycles. The minimum absolute atomic E-state index is 0.246. The molecule has 7 aromatic carbocycles. The van der Waals surface area contributed by atoms with Gasteiger partial charge in [-0.05, 0) is 138 Å². The molecule has 1 atom stereocenters. The van der Waals surface area contributed by atoms with Crippen LogP contribution in [0.25, 0.3) is 11.1 Å². The van der Waals surface area contributed by atoms with Crippen LogP contribution in [0.2, 0.25) is 0 Å². The molecule has 1 heterocycles. The molecule has 2 nitrogen and oxygen atoms in total. The van der Waals surface area contributed by atoms with Crippen LogP contribution in [0.5, 0.6) is 0 Å². The van der Waals surface area contributed by atoms with Crippen molar-refractivity contribution in [2.75, 3.05) is 22.3 Å². The van der Waals surface area contributed by atoms with Crippen LogP contribution >= 0.6 is 10.0 Å². The predicted molar refractivity (Wildman–Crippen MR) is 237 cm³/mol. The van der Waals surface area contributed by atoms with E-state index in [1.54, 1.807) is 0 Å². The minimum atomic E-state index is -1.13. The smallest absolute Gasteiger partial charge is 0.0472 e. The summed E-state index contributed by atoms with van der Waals surface area (Å²) in [7, 11) is -1.13. The monoisotopic (exact) mass is 734 g/mol. The normalized spacial score (nSPS) is 15.8. The van der Waals surface area contributed by atoms with E-state index in [1.165, 1.54) is 86.8 Å². The molecule has 1 unspecified atom stereocenters. The quantitative estimate of drug-likeness (QED) is 0.146. The summed E-state index contributed by atoms with van der Waals surface area (Å²) in [6, 6.07) is 65.3. The highest BCUT2D eigenvalue weighted by molar-refractivity contribution is 8.33. The lowest BCUT2D eigenvalue weighted by atomic mass is 9.84. The number of benzene rings is 7. The Hall–Kier alpha value is -5.51. The standard InChI is InChI=1S/C52H50N2S/c1-38(39-23-29-45(30-24-39)53(43-17-9-5-10-18-43)44-19-11-6-12-20-44)40-25-31-46(32-26-40)54(47-33-27-42(28-34-47)41-15-7-4-8-16-41)48-35-36-50-49-21-13-14-22-51(49)55(2,3)52(50)37-48/h5-6,9-14,17-38,41H,4,7-8,15-16H2,1-3H3. The molecule has 2 aliphatic rings. The molecule has 55 heavy (non-hydrogen) atoms. The minimum Gasteiger partial charge on any atom is -0.311 e. The molecule has 9 rings (SSSR count). The van der Waals surface area contributed by atoms with Crippen molar-refractivity contribution in [1.29, 1.82) is 0 Å². The van der Waals surface area contributed by atoms with E-state index in [-0.39, 0.29) is 5.92 Å². The van der Waals surface area contributed by atoms with Gasteiger partial charge >= 0.3 is 0 Å². The van der Waals surface area contributed by atoms with Crippen molar-refractivity contribution in [2.45, 2.75) is 60.7 Å². The molecule has 0 N–H and O–H groups in total. The van der Waals surface area contributed by atoms with Crippen molar-refractivity contribution in [3.8, 4) is 11.1 Å². The van der Waals surface area contributed by atoms with Gasteiger partial charge in [-0.15, -0.1) is 0 Å².